The van der Waals surface area contributed by atoms with Gasteiger partial charge in [-0.2, -0.15) is 0 Å². The van der Waals surface area contributed by atoms with Gasteiger partial charge in [-0.15, -0.1) is 0 Å². The zero-order chi connectivity index (χ0) is 27.5. The third kappa shape index (κ3) is 7.63. The Bertz CT molecular complexity index is 1240. The molecule has 2 aromatic carbocycles. The highest BCUT2D eigenvalue weighted by molar-refractivity contribution is 6.42. The number of anilines is 1. The molecule has 0 bridgehead atoms. The standard InChI is InChI=1S/C27H30Cl2N2O6/c1-26(2,3)36-24(33)30-11-12-35-22-10-8-17(28)13-16(22)14-20-19-9-7-18(29)15-21(19)31(23(20)32)25(34)37-27(4,5)6/h7-10,13-15H,11-12H2,1-6H3,(H,30,33). The van der Waals surface area contributed by atoms with Crippen LogP contribution in [0.3, 0.4) is 0 Å². The second-order valence-electron chi connectivity index (χ2n) is 10.3. The van der Waals surface area contributed by atoms with E-state index in [0.29, 0.717) is 32.6 Å². The lowest BCUT2D eigenvalue weighted by molar-refractivity contribution is -0.112. The first-order chi connectivity index (χ1) is 17.1. The van der Waals surface area contributed by atoms with E-state index in [2.05, 4.69) is 5.32 Å². The van der Waals surface area contributed by atoms with Crippen LogP contribution >= 0.6 is 23.2 Å². The average molecular weight is 549 g/mol. The lowest BCUT2D eigenvalue weighted by Crippen LogP contribution is -2.38. The van der Waals surface area contributed by atoms with Crippen molar-refractivity contribution < 1.29 is 28.6 Å². The van der Waals surface area contributed by atoms with Gasteiger partial charge in [0.15, 0.2) is 0 Å². The van der Waals surface area contributed by atoms with E-state index in [1.165, 1.54) is 6.07 Å². The Labute approximate surface area is 226 Å². The monoisotopic (exact) mass is 548 g/mol. The summed E-state index contributed by atoms with van der Waals surface area (Å²) in [5, 5.41) is 3.42. The molecule has 0 aromatic heterocycles. The van der Waals surface area contributed by atoms with E-state index < -0.39 is 29.3 Å². The van der Waals surface area contributed by atoms with Crippen LogP contribution in [-0.4, -0.2) is 42.4 Å². The Hall–Kier alpha value is -3.23. The Balaban J connectivity index is 1.87. The highest BCUT2D eigenvalue weighted by Gasteiger charge is 2.39. The van der Waals surface area contributed by atoms with Gasteiger partial charge in [0, 0.05) is 21.2 Å². The van der Waals surface area contributed by atoms with E-state index in [0.717, 1.165) is 4.90 Å². The number of carbonyl (C=O) groups excluding carboxylic acids is 3. The predicted molar refractivity (Wildman–Crippen MR) is 144 cm³/mol. The molecule has 1 aliphatic rings. The number of carbonyl (C=O) groups is 3. The zero-order valence-corrected chi connectivity index (χ0v) is 23.1. The van der Waals surface area contributed by atoms with E-state index in [1.54, 1.807) is 78.0 Å². The van der Waals surface area contributed by atoms with Crippen molar-refractivity contribution in [3.63, 3.8) is 0 Å². The van der Waals surface area contributed by atoms with E-state index in [9.17, 15) is 14.4 Å². The van der Waals surface area contributed by atoms with E-state index in [4.69, 9.17) is 37.4 Å². The molecule has 0 aliphatic carbocycles. The number of benzene rings is 2. The third-order valence-corrected chi connectivity index (χ3v) is 5.27. The zero-order valence-electron chi connectivity index (χ0n) is 21.6. The smallest absolute Gasteiger partial charge is 0.422 e. The number of nitrogens with one attached hydrogen (secondary N) is 1. The van der Waals surface area contributed by atoms with E-state index in [1.807, 2.05) is 0 Å². The van der Waals surface area contributed by atoms with Crippen molar-refractivity contribution in [2.75, 3.05) is 18.1 Å². The number of imide groups is 1. The predicted octanol–water partition coefficient (Wildman–Crippen LogP) is 6.72. The summed E-state index contributed by atoms with van der Waals surface area (Å²) >= 11 is 12.4. The van der Waals surface area contributed by atoms with Gasteiger partial charge in [0.1, 0.15) is 23.6 Å². The molecule has 0 unspecified atom stereocenters. The van der Waals surface area contributed by atoms with Crippen LogP contribution in [0.4, 0.5) is 15.3 Å². The maximum absolute atomic E-state index is 13.4. The number of hydrogen-bond acceptors (Lipinski definition) is 6. The van der Waals surface area contributed by atoms with Gasteiger partial charge in [-0.3, -0.25) is 4.79 Å². The molecule has 0 spiro atoms. The molecule has 198 valence electrons. The minimum atomic E-state index is -0.805. The molecule has 0 saturated heterocycles. The van der Waals surface area contributed by atoms with Crippen molar-refractivity contribution in [2.24, 2.45) is 0 Å². The number of alkyl carbamates (subject to hydrolysis) is 1. The molecule has 2 aromatic rings. The van der Waals surface area contributed by atoms with Crippen LogP contribution in [0.15, 0.2) is 36.4 Å². The minimum absolute atomic E-state index is 0.140. The van der Waals surface area contributed by atoms with Crippen LogP contribution in [0, 0.1) is 0 Å². The molecule has 10 heteroatoms. The first-order valence-electron chi connectivity index (χ1n) is 11.6. The second-order valence-corrected chi connectivity index (χ2v) is 11.2. The van der Waals surface area contributed by atoms with Crippen LogP contribution in [0.1, 0.15) is 52.7 Å². The number of fused-ring (bicyclic) bond motifs is 1. The third-order valence-electron chi connectivity index (χ3n) is 4.80. The molecule has 0 radical (unpaired) electrons. The fourth-order valence-corrected chi connectivity index (χ4v) is 3.79. The van der Waals surface area contributed by atoms with Gasteiger partial charge < -0.3 is 19.5 Å². The lowest BCUT2D eigenvalue weighted by Gasteiger charge is -2.23. The molecule has 1 aliphatic heterocycles. The van der Waals surface area contributed by atoms with Crippen LogP contribution in [0.25, 0.3) is 11.6 Å². The lowest BCUT2D eigenvalue weighted by atomic mass is 10.0. The van der Waals surface area contributed by atoms with Crippen molar-refractivity contribution in [3.05, 3.63) is 57.6 Å². The summed E-state index contributed by atoms with van der Waals surface area (Å²) in [6.07, 6.45) is 0.242. The van der Waals surface area contributed by atoms with Gasteiger partial charge in [0.05, 0.1) is 17.8 Å². The van der Waals surface area contributed by atoms with Crippen molar-refractivity contribution in [1.29, 1.82) is 0 Å². The number of nitrogens with zero attached hydrogens (tertiary/aromatic N) is 1. The van der Waals surface area contributed by atoms with Crippen LogP contribution in [-0.2, 0) is 14.3 Å². The summed E-state index contributed by atoms with van der Waals surface area (Å²) in [4.78, 5) is 39.2. The number of ether oxygens (including phenoxy) is 3. The van der Waals surface area contributed by atoms with Crippen molar-refractivity contribution >= 4 is 58.6 Å². The molecular weight excluding hydrogens is 519 g/mol. The Morgan fingerprint density at radius 3 is 2.22 bits per heavy atom. The molecule has 1 N–H and O–H groups in total. The normalized spacial score (nSPS) is 14.4. The SMILES string of the molecule is CC(C)(C)OC(=O)NCCOc1ccc(Cl)cc1C=C1C(=O)N(C(=O)OC(C)(C)C)c2cc(Cl)ccc21. The summed E-state index contributed by atoms with van der Waals surface area (Å²) in [6, 6.07) is 9.80. The fraction of sp³-hybridized carbons (Fsp3) is 0.370. The number of halogens is 2. The van der Waals surface area contributed by atoms with Gasteiger partial charge >= 0.3 is 12.2 Å². The number of hydrogen-bond donors (Lipinski definition) is 1. The second kappa shape index (κ2) is 11.0. The van der Waals surface area contributed by atoms with Gasteiger partial charge in [0.2, 0.25) is 0 Å². The molecule has 0 atom stereocenters. The molecule has 3 amide bonds. The Morgan fingerprint density at radius 1 is 0.946 bits per heavy atom. The fourth-order valence-electron chi connectivity index (χ4n) is 3.44. The summed E-state index contributed by atoms with van der Waals surface area (Å²) in [5.41, 5.74) is 0.185. The molecule has 8 nitrogen and oxygen atoms in total. The van der Waals surface area contributed by atoms with Crippen LogP contribution in [0.5, 0.6) is 5.75 Å². The topological polar surface area (TPSA) is 94.2 Å². The van der Waals surface area contributed by atoms with Gasteiger partial charge in [-0.1, -0.05) is 29.3 Å². The summed E-state index contributed by atoms with van der Waals surface area (Å²) < 4.78 is 16.5. The average Bonchev–Trinajstić information content (AvgIpc) is 3.00. The highest BCUT2D eigenvalue weighted by Crippen LogP contribution is 2.41. The van der Waals surface area contributed by atoms with Crippen molar-refractivity contribution in [1.82, 2.24) is 5.32 Å². The van der Waals surface area contributed by atoms with Gasteiger partial charge in [-0.25, -0.2) is 14.5 Å². The van der Waals surface area contributed by atoms with Crippen LogP contribution < -0.4 is 15.0 Å². The summed E-state index contributed by atoms with van der Waals surface area (Å²) in [5.74, 6) is -0.133. The van der Waals surface area contributed by atoms with Crippen LogP contribution in [0.2, 0.25) is 10.0 Å². The first kappa shape index (κ1) is 28.3. The minimum Gasteiger partial charge on any atom is -0.491 e. The molecule has 1 heterocycles. The number of amides is 3. The maximum atomic E-state index is 13.4. The van der Waals surface area contributed by atoms with E-state index >= 15 is 0 Å². The summed E-state index contributed by atoms with van der Waals surface area (Å²) in [7, 11) is 0. The van der Waals surface area contributed by atoms with Crippen molar-refractivity contribution in [3.8, 4) is 5.75 Å². The largest absolute Gasteiger partial charge is 0.491 e. The van der Waals surface area contributed by atoms with Gasteiger partial charge in [-0.05, 0) is 78.0 Å². The number of rotatable bonds is 5. The maximum Gasteiger partial charge on any atom is 0.422 e. The molecule has 3 rings (SSSR count). The quantitative estimate of drug-likeness (QED) is 0.329. The Kier molecular flexibility index (Phi) is 8.45. The summed E-state index contributed by atoms with van der Waals surface area (Å²) in [6.45, 7) is 10.8. The van der Waals surface area contributed by atoms with Crippen molar-refractivity contribution in [2.45, 2.75) is 52.7 Å². The molecule has 0 saturated carbocycles. The highest BCUT2D eigenvalue weighted by atomic mass is 35.5. The first-order valence-corrected chi connectivity index (χ1v) is 12.4. The van der Waals surface area contributed by atoms with Gasteiger partial charge in [0.25, 0.3) is 5.91 Å². The Morgan fingerprint density at radius 2 is 1.57 bits per heavy atom. The molecule has 0 fully saturated rings. The molecular formula is C27H30Cl2N2O6. The molecule has 37 heavy (non-hydrogen) atoms. The van der Waals surface area contributed by atoms with E-state index in [-0.39, 0.29) is 18.7 Å².